The summed E-state index contributed by atoms with van der Waals surface area (Å²) in [6.45, 7) is 0. The van der Waals surface area contributed by atoms with Crippen LogP contribution in [0.15, 0.2) is 65.8 Å². The minimum Gasteiger partial charge on any atom is -0.504 e. The highest BCUT2D eigenvalue weighted by Gasteiger charge is 2.18. The number of carbonyl (C=O) groups excluding carboxylic acids is 2. The van der Waals surface area contributed by atoms with Gasteiger partial charge < -0.3 is 9.84 Å². The maximum Gasteiger partial charge on any atom is 0.271 e. The first-order valence-electron chi connectivity index (χ1n) is 8.70. The predicted octanol–water partition coefficient (Wildman–Crippen LogP) is 4.70. The molecule has 2 N–H and O–H groups in total. The van der Waals surface area contributed by atoms with Gasteiger partial charge in [-0.05, 0) is 24.3 Å². The number of aromatic hydroxyl groups is 1. The molecule has 3 aromatic rings. The van der Waals surface area contributed by atoms with Crippen molar-refractivity contribution in [2.75, 3.05) is 7.11 Å². The molecule has 0 saturated carbocycles. The van der Waals surface area contributed by atoms with Gasteiger partial charge in [0.1, 0.15) is 0 Å². The van der Waals surface area contributed by atoms with Crippen molar-refractivity contribution >= 4 is 41.1 Å². The zero-order valence-electron chi connectivity index (χ0n) is 15.7. The van der Waals surface area contributed by atoms with Crippen LogP contribution >= 0.6 is 23.2 Å². The molecule has 0 heterocycles. The van der Waals surface area contributed by atoms with E-state index in [-0.39, 0.29) is 38.5 Å². The van der Waals surface area contributed by atoms with Gasteiger partial charge in [0.05, 0.1) is 28.9 Å². The number of ether oxygens (including phenoxy) is 1. The minimum atomic E-state index is -0.518. The number of hydrogen-bond acceptors (Lipinski definition) is 5. The number of rotatable bonds is 6. The van der Waals surface area contributed by atoms with E-state index in [9.17, 15) is 14.7 Å². The average Bonchev–Trinajstić information content (AvgIpc) is 2.76. The van der Waals surface area contributed by atoms with Gasteiger partial charge in [-0.1, -0.05) is 59.6 Å². The molecule has 0 aliphatic carbocycles. The van der Waals surface area contributed by atoms with Crippen molar-refractivity contribution in [2.45, 2.75) is 0 Å². The molecule has 0 saturated heterocycles. The van der Waals surface area contributed by atoms with Crippen LogP contribution in [0.25, 0.3) is 0 Å². The van der Waals surface area contributed by atoms with Crippen molar-refractivity contribution in [3.8, 4) is 11.5 Å². The number of halogens is 2. The van der Waals surface area contributed by atoms with Crippen molar-refractivity contribution < 1.29 is 19.4 Å². The van der Waals surface area contributed by atoms with Gasteiger partial charge in [0.15, 0.2) is 17.3 Å². The molecule has 0 bridgehead atoms. The molecule has 6 nitrogen and oxygen atoms in total. The Kier molecular flexibility index (Phi) is 6.72. The van der Waals surface area contributed by atoms with E-state index in [0.29, 0.717) is 11.1 Å². The highest BCUT2D eigenvalue weighted by Crippen LogP contribution is 2.30. The average molecular weight is 443 g/mol. The third-order valence-electron chi connectivity index (χ3n) is 4.20. The largest absolute Gasteiger partial charge is 0.504 e. The molecule has 0 atom stereocenters. The maximum atomic E-state index is 12.8. The van der Waals surface area contributed by atoms with Crippen LogP contribution in [0.5, 0.6) is 11.5 Å². The molecular weight excluding hydrogens is 427 g/mol. The molecule has 0 spiro atoms. The highest BCUT2D eigenvalue weighted by atomic mass is 35.5. The van der Waals surface area contributed by atoms with Crippen molar-refractivity contribution in [1.82, 2.24) is 5.43 Å². The number of hydrogen-bond donors (Lipinski definition) is 2. The number of nitrogens with one attached hydrogen (secondary N) is 1. The van der Waals surface area contributed by atoms with Crippen molar-refractivity contribution in [1.29, 1.82) is 0 Å². The van der Waals surface area contributed by atoms with E-state index in [0.717, 1.165) is 0 Å². The summed E-state index contributed by atoms with van der Waals surface area (Å²) in [4.78, 5) is 25.0. The molecule has 1 amide bonds. The lowest BCUT2D eigenvalue weighted by Gasteiger charge is -2.09. The van der Waals surface area contributed by atoms with Crippen LogP contribution in [0.4, 0.5) is 0 Å². The molecule has 0 aromatic heterocycles. The summed E-state index contributed by atoms with van der Waals surface area (Å²) < 4.78 is 4.98. The standard InChI is InChI=1S/C22H16Cl2N2O4/c1-30-18-11-14(8-10-17(18)27)22(29)26-25-12-15-7-9-16(23)19(20(15)24)21(28)13-5-3-2-4-6-13/h2-12,27H,1H3,(H,26,29). The van der Waals surface area contributed by atoms with E-state index in [1.165, 1.54) is 37.6 Å². The van der Waals surface area contributed by atoms with Gasteiger partial charge in [-0.2, -0.15) is 5.10 Å². The minimum absolute atomic E-state index is 0.0823. The molecule has 3 rings (SSSR count). The van der Waals surface area contributed by atoms with Gasteiger partial charge in [-0.15, -0.1) is 0 Å². The topological polar surface area (TPSA) is 88.0 Å². The summed E-state index contributed by atoms with van der Waals surface area (Å²) >= 11 is 12.6. The second kappa shape index (κ2) is 9.43. The maximum absolute atomic E-state index is 12.8. The van der Waals surface area contributed by atoms with Crippen LogP contribution in [0.1, 0.15) is 31.8 Å². The van der Waals surface area contributed by atoms with E-state index in [1.807, 2.05) is 0 Å². The van der Waals surface area contributed by atoms with Crippen LogP contribution in [0, 0.1) is 0 Å². The van der Waals surface area contributed by atoms with Crippen LogP contribution in [0.2, 0.25) is 10.0 Å². The first-order chi connectivity index (χ1) is 14.4. The normalized spacial score (nSPS) is 10.8. The lowest BCUT2D eigenvalue weighted by atomic mass is 10.0. The van der Waals surface area contributed by atoms with Crippen LogP contribution in [0.3, 0.4) is 0 Å². The molecule has 3 aromatic carbocycles. The first-order valence-corrected chi connectivity index (χ1v) is 9.46. The molecule has 0 aliphatic rings. The Labute approximate surface area is 182 Å². The first kappa shape index (κ1) is 21.4. The Morgan fingerprint density at radius 3 is 2.47 bits per heavy atom. The third-order valence-corrected chi connectivity index (χ3v) is 4.92. The number of nitrogens with zero attached hydrogens (tertiary/aromatic N) is 1. The summed E-state index contributed by atoms with van der Waals surface area (Å²) in [7, 11) is 1.38. The van der Waals surface area contributed by atoms with Crippen molar-refractivity contribution in [3.63, 3.8) is 0 Å². The molecule has 0 unspecified atom stereocenters. The lowest BCUT2D eigenvalue weighted by molar-refractivity contribution is 0.0954. The Balaban J connectivity index is 1.81. The second-order valence-electron chi connectivity index (χ2n) is 6.11. The van der Waals surface area contributed by atoms with Crippen LogP contribution in [-0.4, -0.2) is 30.1 Å². The predicted molar refractivity (Wildman–Crippen MR) is 116 cm³/mol. The van der Waals surface area contributed by atoms with Crippen molar-refractivity contribution in [2.24, 2.45) is 5.10 Å². The number of phenols is 1. The molecule has 8 heteroatoms. The summed E-state index contributed by atoms with van der Waals surface area (Å²) in [5.74, 6) is -0.756. The Morgan fingerprint density at radius 1 is 1.03 bits per heavy atom. The number of carbonyl (C=O) groups is 2. The van der Waals surface area contributed by atoms with Gasteiger partial charge in [-0.25, -0.2) is 5.43 Å². The van der Waals surface area contributed by atoms with Gasteiger partial charge >= 0.3 is 0 Å². The third kappa shape index (κ3) is 4.62. The fourth-order valence-electron chi connectivity index (χ4n) is 2.65. The molecular formula is C22H16Cl2N2O4. The summed E-state index contributed by atoms with van der Waals surface area (Å²) in [6.07, 6.45) is 1.32. The zero-order chi connectivity index (χ0) is 21.7. The van der Waals surface area contributed by atoms with Gasteiger partial charge in [0.25, 0.3) is 5.91 Å². The molecule has 0 aliphatic heterocycles. The van der Waals surface area contributed by atoms with Crippen LogP contribution < -0.4 is 10.2 Å². The number of phenolic OH excluding ortho intramolecular Hbond substituents is 1. The lowest BCUT2D eigenvalue weighted by Crippen LogP contribution is -2.17. The zero-order valence-corrected chi connectivity index (χ0v) is 17.2. The molecule has 0 fully saturated rings. The number of hydrazone groups is 1. The van der Waals surface area contributed by atoms with E-state index >= 15 is 0 Å². The fourth-order valence-corrected chi connectivity index (χ4v) is 3.25. The van der Waals surface area contributed by atoms with E-state index in [1.54, 1.807) is 36.4 Å². The monoisotopic (exact) mass is 442 g/mol. The van der Waals surface area contributed by atoms with Crippen LogP contribution in [-0.2, 0) is 0 Å². The summed E-state index contributed by atoms with van der Waals surface area (Å²) in [5, 5.41) is 13.8. The number of methoxy groups -OCH3 is 1. The quantitative estimate of drug-likeness (QED) is 0.328. The van der Waals surface area contributed by atoms with E-state index in [2.05, 4.69) is 10.5 Å². The highest BCUT2D eigenvalue weighted by molar-refractivity contribution is 6.42. The van der Waals surface area contributed by atoms with Gasteiger partial charge in [0, 0.05) is 16.7 Å². The second-order valence-corrected chi connectivity index (χ2v) is 6.89. The smallest absolute Gasteiger partial charge is 0.271 e. The summed E-state index contributed by atoms with van der Waals surface area (Å²) in [5.41, 5.74) is 3.61. The molecule has 152 valence electrons. The number of ketones is 1. The molecule has 30 heavy (non-hydrogen) atoms. The SMILES string of the molecule is COc1cc(C(=O)NN=Cc2ccc(Cl)c(C(=O)c3ccccc3)c2Cl)ccc1O. The Bertz CT molecular complexity index is 1130. The molecule has 0 radical (unpaired) electrons. The van der Waals surface area contributed by atoms with Gasteiger partial charge in [-0.3, -0.25) is 9.59 Å². The summed E-state index contributed by atoms with van der Waals surface area (Å²) in [6, 6.07) is 15.9. The Hall–Kier alpha value is -3.35. The van der Waals surface area contributed by atoms with E-state index < -0.39 is 5.91 Å². The number of benzene rings is 3. The van der Waals surface area contributed by atoms with Gasteiger partial charge in [0.2, 0.25) is 0 Å². The fraction of sp³-hybridized carbons (Fsp3) is 0.0455. The van der Waals surface area contributed by atoms with Crippen molar-refractivity contribution in [3.05, 3.63) is 93.0 Å². The Morgan fingerprint density at radius 2 is 1.77 bits per heavy atom. The van der Waals surface area contributed by atoms with E-state index in [4.69, 9.17) is 27.9 Å². The number of amides is 1.